The van der Waals surface area contributed by atoms with E-state index >= 15 is 0 Å². The summed E-state index contributed by atoms with van der Waals surface area (Å²) in [5, 5.41) is 49.5. The van der Waals surface area contributed by atoms with Gasteiger partial charge < -0.3 is 41.7 Å². The quantitative estimate of drug-likeness (QED) is 0.199. The van der Waals surface area contributed by atoms with E-state index in [4.69, 9.17) is 50.8 Å². The lowest BCUT2D eigenvalue weighted by molar-refractivity contribution is -0.306. The van der Waals surface area contributed by atoms with Crippen molar-refractivity contribution < 1.29 is 45.0 Å². The van der Waals surface area contributed by atoms with Crippen LogP contribution in [-0.4, -0.2) is 74.2 Å². The molecule has 0 aliphatic heterocycles. The van der Waals surface area contributed by atoms with Crippen molar-refractivity contribution in [2.75, 3.05) is 19.6 Å². The zero-order chi connectivity index (χ0) is 18.1. The third-order valence-electron chi connectivity index (χ3n) is 0.683. The Hall–Kier alpha value is -1.79. The fourth-order valence-electron chi connectivity index (χ4n) is 0.358. The molecule has 0 aliphatic carbocycles. The van der Waals surface area contributed by atoms with Crippen molar-refractivity contribution in [1.29, 1.82) is 0 Å². The summed E-state index contributed by atoms with van der Waals surface area (Å²) in [5.74, 6) is -5.12. The molecule has 0 amide bonds. The molecule has 11 heteroatoms. The van der Waals surface area contributed by atoms with Crippen molar-refractivity contribution in [2.45, 2.75) is 26.7 Å². The summed E-state index contributed by atoms with van der Waals surface area (Å²) < 4.78 is 0. The minimum atomic E-state index is -2.62. The molecule has 21 heavy (non-hydrogen) atoms. The van der Waals surface area contributed by atoms with Crippen LogP contribution in [0.1, 0.15) is 20.8 Å². The zero-order valence-electron chi connectivity index (χ0n) is 12.1. The molecule has 0 spiro atoms. The van der Waals surface area contributed by atoms with Crippen LogP contribution in [0.3, 0.4) is 0 Å². The Labute approximate surface area is 121 Å². The fraction of sp³-hybridized carbons (Fsp3) is 0.700. The van der Waals surface area contributed by atoms with Gasteiger partial charge in [-0.05, 0) is 0 Å². The van der Waals surface area contributed by atoms with E-state index < -0.39 is 23.9 Å². The average Bonchev–Trinajstić information content (AvgIpc) is 2.12. The molecule has 0 rings (SSSR count). The topological polar surface area (TPSA) is 211 Å². The smallest absolute Gasteiger partial charge is 0.300 e. The summed E-state index contributed by atoms with van der Waals surface area (Å²) in [5.41, 5.74) is 5.05. The normalized spacial score (nSPS) is 8.71. The number of rotatable bonds is 4. The first kappa shape index (κ1) is 27.5. The van der Waals surface area contributed by atoms with Gasteiger partial charge in [0, 0.05) is 33.9 Å². The molecule has 9 N–H and O–H groups in total. The molecule has 0 bridgehead atoms. The molecule has 0 aliphatic rings. The van der Waals surface area contributed by atoms with Crippen LogP contribution in [0.5, 0.6) is 0 Å². The highest BCUT2D eigenvalue weighted by atomic mass is 16.7. The summed E-state index contributed by atoms with van der Waals surface area (Å²) >= 11 is 0. The standard InChI is InChI=1S/C4H12N2O3.3C2H4O2/c5-1-2-6-3-4(7,8)9;3*1-2(3)4/h6-9H,1-3,5H2;3*1H3,(H,3,4). The van der Waals surface area contributed by atoms with Crippen LogP contribution in [0.25, 0.3) is 0 Å². The van der Waals surface area contributed by atoms with E-state index in [-0.39, 0.29) is 6.54 Å². The van der Waals surface area contributed by atoms with Gasteiger partial charge in [-0.1, -0.05) is 0 Å². The predicted molar refractivity (Wildman–Crippen MR) is 71.2 cm³/mol. The van der Waals surface area contributed by atoms with Crippen LogP contribution >= 0.6 is 0 Å². The van der Waals surface area contributed by atoms with E-state index in [2.05, 4.69) is 5.32 Å². The molecule has 128 valence electrons. The second-order valence-electron chi connectivity index (χ2n) is 3.30. The molecule has 0 heterocycles. The van der Waals surface area contributed by atoms with Crippen LogP contribution < -0.4 is 11.1 Å². The van der Waals surface area contributed by atoms with Gasteiger partial charge >= 0.3 is 0 Å². The highest BCUT2D eigenvalue weighted by Crippen LogP contribution is 1.86. The maximum Gasteiger partial charge on any atom is 0.300 e. The first-order valence-electron chi connectivity index (χ1n) is 5.42. The van der Waals surface area contributed by atoms with Gasteiger partial charge in [0.1, 0.15) is 0 Å². The first-order chi connectivity index (χ1) is 9.26. The Morgan fingerprint density at radius 2 is 1.14 bits per heavy atom. The van der Waals surface area contributed by atoms with Crippen LogP contribution in [-0.2, 0) is 14.4 Å². The predicted octanol–water partition coefficient (Wildman–Crippen LogP) is -2.56. The van der Waals surface area contributed by atoms with Crippen molar-refractivity contribution in [3.63, 3.8) is 0 Å². The van der Waals surface area contributed by atoms with Gasteiger partial charge in [0.15, 0.2) is 0 Å². The van der Waals surface area contributed by atoms with Gasteiger partial charge in [-0.3, -0.25) is 14.4 Å². The number of aliphatic hydroxyl groups is 3. The van der Waals surface area contributed by atoms with Crippen LogP contribution in [0.4, 0.5) is 0 Å². The van der Waals surface area contributed by atoms with E-state index in [1.165, 1.54) is 0 Å². The van der Waals surface area contributed by atoms with E-state index in [0.29, 0.717) is 13.1 Å². The molecule has 0 fully saturated rings. The average molecular weight is 316 g/mol. The molecule has 0 atom stereocenters. The number of carboxylic acid groups (broad SMARTS) is 3. The number of nitrogens with one attached hydrogen (secondary N) is 1. The number of carboxylic acids is 3. The van der Waals surface area contributed by atoms with E-state index in [9.17, 15) is 0 Å². The van der Waals surface area contributed by atoms with Gasteiger partial charge in [0.25, 0.3) is 23.9 Å². The highest BCUT2D eigenvalue weighted by molar-refractivity contribution is 5.63. The Balaban J connectivity index is -0.000000102. The molecular weight excluding hydrogens is 292 g/mol. The van der Waals surface area contributed by atoms with Crippen LogP contribution in [0.15, 0.2) is 0 Å². The van der Waals surface area contributed by atoms with Gasteiger partial charge in [0.05, 0.1) is 6.54 Å². The Bertz CT molecular complexity index is 236. The van der Waals surface area contributed by atoms with Gasteiger partial charge in [0.2, 0.25) is 0 Å². The number of hydrogen-bond acceptors (Lipinski definition) is 8. The molecule has 11 nitrogen and oxygen atoms in total. The van der Waals surface area contributed by atoms with Crippen LogP contribution in [0, 0.1) is 0 Å². The molecule has 0 unspecified atom stereocenters. The highest BCUT2D eigenvalue weighted by Gasteiger charge is 2.15. The van der Waals surface area contributed by atoms with Crippen LogP contribution in [0.2, 0.25) is 0 Å². The molecule has 0 aromatic carbocycles. The summed E-state index contributed by atoms with van der Waals surface area (Å²) in [4.78, 5) is 27.0. The fourth-order valence-corrected chi connectivity index (χ4v) is 0.358. The second-order valence-corrected chi connectivity index (χ2v) is 3.30. The van der Waals surface area contributed by atoms with Crippen molar-refractivity contribution in [1.82, 2.24) is 5.32 Å². The SMILES string of the molecule is CC(=O)O.CC(=O)O.CC(=O)O.NCCNCC(O)(O)O. The van der Waals surface area contributed by atoms with E-state index in [1.54, 1.807) is 0 Å². The molecule has 0 saturated carbocycles. The monoisotopic (exact) mass is 316 g/mol. The minimum Gasteiger partial charge on any atom is -0.481 e. The summed E-state index contributed by atoms with van der Waals surface area (Å²) in [6, 6.07) is 0. The lowest BCUT2D eigenvalue weighted by atomic mass is 10.5. The second kappa shape index (κ2) is 18.2. The Kier molecular flexibility index (Phi) is 23.9. The molecule has 0 aromatic heterocycles. The lowest BCUT2D eigenvalue weighted by Gasteiger charge is -2.13. The van der Waals surface area contributed by atoms with Gasteiger partial charge in [-0.15, -0.1) is 0 Å². The number of carbonyl (C=O) groups is 3. The molecule has 0 saturated heterocycles. The molecular formula is C10H24N2O9. The van der Waals surface area contributed by atoms with Crippen molar-refractivity contribution in [3.8, 4) is 0 Å². The van der Waals surface area contributed by atoms with E-state index in [1.807, 2.05) is 0 Å². The van der Waals surface area contributed by atoms with E-state index in [0.717, 1.165) is 20.8 Å². The number of nitrogens with two attached hydrogens (primary N) is 1. The maximum atomic E-state index is 9.00. The lowest BCUT2D eigenvalue weighted by Crippen LogP contribution is -2.41. The Morgan fingerprint density at radius 3 is 1.29 bits per heavy atom. The van der Waals surface area contributed by atoms with Crippen molar-refractivity contribution in [3.05, 3.63) is 0 Å². The largest absolute Gasteiger partial charge is 0.481 e. The van der Waals surface area contributed by atoms with Crippen molar-refractivity contribution in [2.24, 2.45) is 5.73 Å². The molecule has 0 aromatic rings. The van der Waals surface area contributed by atoms with Crippen molar-refractivity contribution >= 4 is 17.9 Å². The third kappa shape index (κ3) is 270. The zero-order valence-corrected chi connectivity index (χ0v) is 12.1. The number of hydrogen-bond donors (Lipinski definition) is 8. The number of aliphatic carboxylic acids is 3. The summed E-state index contributed by atoms with van der Waals surface area (Å²) in [6.07, 6.45) is 0. The summed E-state index contributed by atoms with van der Waals surface area (Å²) in [6.45, 7) is 3.81. The first-order valence-corrected chi connectivity index (χ1v) is 5.42. The third-order valence-corrected chi connectivity index (χ3v) is 0.683. The molecule has 0 radical (unpaired) electrons. The van der Waals surface area contributed by atoms with Gasteiger partial charge in [-0.2, -0.15) is 0 Å². The minimum absolute atomic E-state index is 0.288. The van der Waals surface area contributed by atoms with Gasteiger partial charge in [-0.25, -0.2) is 0 Å². The summed E-state index contributed by atoms with van der Waals surface area (Å²) in [7, 11) is 0. The Morgan fingerprint density at radius 1 is 0.905 bits per heavy atom. The maximum absolute atomic E-state index is 9.00.